The molecule has 0 amide bonds. The van der Waals surface area contributed by atoms with Crippen molar-refractivity contribution in [1.82, 2.24) is 0 Å². The zero-order chi connectivity index (χ0) is 28.0. The first kappa shape index (κ1) is 34.0. The summed E-state index contributed by atoms with van der Waals surface area (Å²) in [6.45, 7) is 14.5. The average Bonchev–Trinajstić information content (AvgIpc) is 3.71. The van der Waals surface area contributed by atoms with Gasteiger partial charge in [-0.05, 0) is 0 Å². The van der Waals surface area contributed by atoms with E-state index in [1.54, 1.807) is 35.6 Å². The second kappa shape index (κ2) is 14.4. The number of fused-ring (bicyclic) bond motifs is 2. The fraction of sp³-hybridized carbons (Fsp3) is 0.324. The van der Waals surface area contributed by atoms with Gasteiger partial charge in [-0.15, -0.1) is 0 Å². The van der Waals surface area contributed by atoms with Gasteiger partial charge < -0.3 is 24.8 Å². The summed E-state index contributed by atoms with van der Waals surface area (Å²) in [5.74, 6) is 1.09. The van der Waals surface area contributed by atoms with E-state index in [0.717, 1.165) is 25.7 Å². The van der Waals surface area contributed by atoms with Crippen LogP contribution in [0.1, 0.15) is 67.2 Å². The van der Waals surface area contributed by atoms with Crippen LogP contribution in [0.3, 0.4) is 0 Å². The zero-order valence-electron chi connectivity index (χ0n) is 25.7. The standard InChI is InChI=1S/2C17H18P.C3H6.2ClH.Zr/c2*1-3-13-10-14-12-15(4-2)18(17(14)11-13)16-8-6-5-7-9-16;1-3-2;;;/h2*5-9,11-12,14H,3-4H2,1-2H3;1-2H3;2*1H;/q;;;;;+2/p-2. The van der Waals surface area contributed by atoms with Gasteiger partial charge in [0, 0.05) is 0 Å². The first-order valence-corrected chi connectivity index (χ1v) is 21.6. The molecule has 0 bridgehead atoms. The van der Waals surface area contributed by atoms with Crippen LogP contribution in [0.4, 0.5) is 0 Å². The monoisotopic (exact) mass is 708 g/mol. The predicted octanol–water partition coefficient (Wildman–Crippen LogP) is 4.41. The van der Waals surface area contributed by atoms with Crippen LogP contribution < -0.4 is 35.4 Å². The molecule has 0 radical (unpaired) electrons. The number of rotatable bonds is 8. The Bertz CT molecular complexity index is 1440. The number of hydrogen-bond acceptors (Lipinski definition) is 0. The minimum absolute atomic E-state index is 0. The second-order valence-electron chi connectivity index (χ2n) is 11.4. The van der Waals surface area contributed by atoms with Crippen LogP contribution in [0, 0.1) is 11.8 Å². The van der Waals surface area contributed by atoms with E-state index in [0.29, 0.717) is 11.8 Å². The molecule has 2 aromatic carbocycles. The van der Waals surface area contributed by atoms with E-state index in [2.05, 4.69) is 127 Å². The van der Waals surface area contributed by atoms with Gasteiger partial charge in [0.05, 0.1) is 0 Å². The summed E-state index contributed by atoms with van der Waals surface area (Å²) >= 11 is -2.33. The first-order valence-electron chi connectivity index (χ1n) is 15.2. The van der Waals surface area contributed by atoms with Gasteiger partial charge in [0.2, 0.25) is 0 Å². The quantitative estimate of drug-likeness (QED) is 0.357. The van der Waals surface area contributed by atoms with Crippen LogP contribution in [0.5, 0.6) is 0 Å². The van der Waals surface area contributed by atoms with Crippen molar-refractivity contribution >= 4 is 29.7 Å². The maximum Gasteiger partial charge on any atom is -1.00 e. The molecule has 4 aliphatic rings. The van der Waals surface area contributed by atoms with E-state index in [1.807, 2.05) is 6.56 Å². The Morgan fingerprint density at radius 1 is 0.595 bits per heavy atom. The van der Waals surface area contributed by atoms with Crippen LogP contribution in [0.25, 0.3) is 0 Å². The van der Waals surface area contributed by atoms with Crippen LogP contribution in [0.2, 0.25) is 0 Å². The van der Waals surface area contributed by atoms with Gasteiger partial charge in [0.25, 0.3) is 0 Å². The minimum Gasteiger partial charge on any atom is -1.00 e. The molecule has 2 aliphatic heterocycles. The summed E-state index contributed by atoms with van der Waals surface area (Å²) in [7, 11) is -0.735. The summed E-state index contributed by atoms with van der Waals surface area (Å²) in [6, 6.07) is 22.8. The average molecular weight is 711 g/mol. The molecule has 0 N–H and O–H groups in total. The van der Waals surface area contributed by atoms with Crippen LogP contribution in [-0.4, -0.2) is 3.21 Å². The summed E-state index contributed by atoms with van der Waals surface area (Å²) in [4.78, 5) is 0. The topological polar surface area (TPSA) is 0 Å². The van der Waals surface area contributed by atoms with Gasteiger partial charge in [-0.25, -0.2) is 0 Å². The Labute approximate surface area is 276 Å². The Morgan fingerprint density at radius 2 is 0.976 bits per heavy atom. The molecule has 5 heteroatoms. The maximum absolute atomic E-state index is 2.74. The molecule has 2 heterocycles. The third-order valence-electron chi connectivity index (χ3n) is 8.96. The molecular formula is C37H42Cl2P2Zr. The number of benzene rings is 2. The molecule has 4 unspecified atom stereocenters. The second-order valence-corrected chi connectivity index (χ2v) is 22.9. The molecular weight excluding hydrogens is 668 g/mol. The van der Waals surface area contributed by atoms with E-state index in [4.69, 9.17) is 0 Å². The van der Waals surface area contributed by atoms with Gasteiger partial charge in [-0.3, -0.25) is 0 Å². The molecule has 0 aromatic heterocycles. The third kappa shape index (κ3) is 5.77. The zero-order valence-corrected chi connectivity index (χ0v) is 31.5. The third-order valence-corrected chi connectivity index (χ3v) is 22.7. The Balaban J connectivity index is 0.00000202. The summed E-state index contributed by atoms with van der Waals surface area (Å²) in [5, 5.41) is 9.93. The largest absolute Gasteiger partial charge is 1.00 e. The molecule has 42 heavy (non-hydrogen) atoms. The van der Waals surface area contributed by atoms with E-state index in [9.17, 15) is 0 Å². The van der Waals surface area contributed by atoms with Crippen LogP contribution in [-0.2, 0) is 21.3 Å². The fourth-order valence-electron chi connectivity index (χ4n) is 7.23. The van der Waals surface area contributed by atoms with Crippen molar-refractivity contribution < 1.29 is 46.1 Å². The van der Waals surface area contributed by atoms with E-state index in [1.165, 1.54) is 10.6 Å². The van der Waals surface area contributed by atoms with Crippen LogP contribution in [0.15, 0.2) is 124 Å². The van der Waals surface area contributed by atoms with Crippen molar-refractivity contribution in [3.63, 3.8) is 0 Å². The molecule has 0 spiro atoms. The Kier molecular flexibility index (Phi) is 11.7. The van der Waals surface area contributed by atoms with E-state index < -0.39 is 21.3 Å². The molecule has 2 aliphatic carbocycles. The van der Waals surface area contributed by atoms with Gasteiger partial charge in [0.1, 0.15) is 0 Å². The van der Waals surface area contributed by atoms with E-state index in [-0.39, 0.29) is 40.7 Å². The number of allylic oxidation sites excluding steroid dienone is 12. The van der Waals surface area contributed by atoms with Gasteiger partial charge in [-0.1, -0.05) is 0 Å². The number of halogens is 2. The maximum atomic E-state index is 2.74. The summed E-state index contributed by atoms with van der Waals surface area (Å²) in [6.07, 6.45) is 15.5. The predicted molar refractivity (Wildman–Crippen MR) is 177 cm³/mol. The van der Waals surface area contributed by atoms with Crippen molar-refractivity contribution in [2.45, 2.75) is 67.2 Å². The molecule has 4 atom stereocenters. The van der Waals surface area contributed by atoms with Gasteiger partial charge in [-0.2, -0.15) is 0 Å². The molecule has 0 fully saturated rings. The normalized spacial score (nSPS) is 23.6. The van der Waals surface area contributed by atoms with Crippen LogP contribution >= 0.6 is 15.8 Å². The molecule has 0 saturated carbocycles. The molecule has 6 rings (SSSR count). The van der Waals surface area contributed by atoms with E-state index >= 15 is 0 Å². The molecule has 0 saturated heterocycles. The SMILES string of the molecule is CCC1=CC2C(=CC(CC)=[C]2[Zr+2]([C]2=C(CC)C=C3C2C=C(CC)P3c2ccccc2)=[C](C)C)P1c1ccccc1.[Cl-].[Cl-]. The minimum atomic E-state index is -2.33. The summed E-state index contributed by atoms with van der Waals surface area (Å²) < 4.78 is 5.54. The number of hydrogen-bond donors (Lipinski definition) is 0. The van der Waals surface area contributed by atoms with Gasteiger partial charge in [0.15, 0.2) is 0 Å². The van der Waals surface area contributed by atoms with Crippen molar-refractivity contribution in [1.29, 1.82) is 0 Å². The molecule has 218 valence electrons. The Hall–Kier alpha value is -0.927. The van der Waals surface area contributed by atoms with Gasteiger partial charge >= 0.3 is 254 Å². The van der Waals surface area contributed by atoms with Crippen molar-refractivity contribution in [3.8, 4) is 0 Å². The molecule has 2 aromatic rings. The summed E-state index contributed by atoms with van der Waals surface area (Å²) in [5.41, 5.74) is 3.37. The first-order chi connectivity index (χ1) is 19.5. The Morgan fingerprint density at radius 3 is 1.29 bits per heavy atom. The van der Waals surface area contributed by atoms with Crippen molar-refractivity contribution in [2.75, 3.05) is 0 Å². The fourth-order valence-corrected chi connectivity index (χ4v) is 22.3. The molecule has 0 nitrogen and oxygen atoms in total. The smallest absolute Gasteiger partial charge is 1.00 e. The van der Waals surface area contributed by atoms with Crippen molar-refractivity contribution in [2.24, 2.45) is 11.8 Å². The van der Waals surface area contributed by atoms with Crippen molar-refractivity contribution in [3.05, 3.63) is 124 Å².